The molecule has 0 bridgehead atoms. The van der Waals surface area contributed by atoms with Crippen LogP contribution >= 0.6 is 0 Å². The lowest BCUT2D eigenvalue weighted by molar-refractivity contribution is -0.116. The van der Waals surface area contributed by atoms with Crippen LogP contribution in [0.3, 0.4) is 0 Å². The van der Waals surface area contributed by atoms with E-state index in [0.29, 0.717) is 24.8 Å². The lowest BCUT2D eigenvalue weighted by atomic mass is 10.2. The zero-order valence-corrected chi connectivity index (χ0v) is 16.4. The Bertz CT molecular complexity index is 896. The Morgan fingerprint density at radius 2 is 1.83 bits per heavy atom. The van der Waals surface area contributed by atoms with Gasteiger partial charge >= 0.3 is 6.09 Å². The molecule has 0 spiro atoms. The second kappa shape index (κ2) is 8.34. The molecule has 2 N–H and O–H groups in total. The lowest BCUT2D eigenvalue weighted by Gasteiger charge is -2.17. The normalized spacial score (nSPS) is 16.1. The third kappa shape index (κ3) is 4.74. The van der Waals surface area contributed by atoms with Gasteiger partial charge in [-0.15, -0.1) is 0 Å². The average Bonchev–Trinajstić information content (AvgIpc) is 3.35. The number of nitrogens with one attached hydrogen (secondary N) is 2. The number of benzene rings is 1. The standard InChI is InChI=1S/C20H24N6O3/c1-14-12-17(25-8-2-3-9-25)24-19(21-14)23-16-6-4-15(5-7-16)22-18(27)13-26-10-11-29-20(26)28/h4-7,12H,2-3,8-11,13H2,1H3,(H,22,27)(H,21,23,24). The predicted molar refractivity (Wildman–Crippen MR) is 109 cm³/mol. The maximum absolute atomic E-state index is 12.1. The molecule has 29 heavy (non-hydrogen) atoms. The van der Waals surface area contributed by atoms with Crippen LogP contribution in [0.4, 0.5) is 27.9 Å². The monoisotopic (exact) mass is 396 g/mol. The van der Waals surface area contributed by atoms with Crippen LogP contribution in [-0.4, -0.2) is 59.7 Å². The summed E-state index contributed by atoms with van der Waals surface area (Å²) in [7, 11) is 0. The van der Waals surface area contributed by atoms with E-state index in [9.17, 15) is 9.59 Å². The number of carbonyl (C=O) groups is 2. The fraction of sp³-hybridized carbons (Fsp3) is 0.400. The SMILES string of the molecule is Cc1cc(N2CCCC2)nc(Nc2ccc(NC(=O)CN3CCOC3=O)cc2)n1. The van der Waals surface area contributed by atoms with Gasteiger partial charge in [0.25, 0.3) is 0 Å². The Labute approximate surface area is 169 Å². The second-order valence-corrected chi connectivity index (χ2v) is 7.17. The van der Waals surface area contributed by atoms with Gasteiger partial charge < -0.3 is 20.3 Å². The highest BCUT2D eigenvalue weighted by molar-refractivity contribution is 5.94. The topological polar surface area (TPSA) is 99.7 Å². The molecule has 2 amide bonds. The van der Waals surface area contributed by atoms with Gasteiger partial charge in [0, 0.05) is 36.2 Å². The van der Waals surface area contributed by atoms with Crippen molar-refractivity contribution in [3.05, 3.63) is 36.0 Å². The molecule has 0 saturated carbocycles. The van der Waals surface area contributed by atoms with Gasteiger partial charge in [0.15, 0.2) is 0 Å². The number of cyclic esters (lactones) is 1. The predicted octanol–water partition coefficient (Wildman–Crippen LogP) is 2.52. The van der Waals surface area contributed by atoms with Crippen molar-refractivity contribution in [2.45, 2.75) is 19.8 Å². The van der Waals surface area contributed by atoms with Gasteiger partial charge in [-0.3, -0.25) is 9.69 Å². The van der Waals surface area contributed by atoms with E-state index in [2.05, 4.69) is 25.5 Å². The van der Waals surface area contributed by atoms with E-state index in [1.165, 1.54) is 17.7 Å². The molecule has 0 unspecified atom stereocenters. The largest absolute Gasteiger partial charge is 0.448 e. The van der Waals surface area contributed by atoms with Crippen LogP contribution in [0.5, 0.6) is 0 Å². The maximum atomic E-state index is 12.1. The van der Waals surface area contributed by atoms with Crippen molar-refractivity contribution in [2.75, 3.05) is 48.3 Å². The van der Waals surface area contributed by atoms with Gasteiger partial charge in [0.2, 0.25) is 11.9 Å². The van der Waals surface area contributed by atoms with Crippen LogP contribution in [0.2, 0.25) is 0 Å². The third-order valence-electron chi connectivity index (χ3n) is 4.87. The highest BCUT2D eigenvalue weighted by Crippen LogP contribution is 2.22. The van der Waals surface area contributed by atoms with E-state index in [1.54, 1.807) is 12.1 Å². The van der Waals surface area contributed by atoms with Gasteiger partial charge in [-0.2, -0.15) is 4.98 Å². The number of aromatic nitrogens is 2. The fourth-order valence-corrected chi connectivity index (χ4v) is 3.43. The molecule has 2 fully saturated rings. The van der Waals surface area contributed by atoms with Crippen molar-refractivity contribution in [3.8, 4) is 0 Å². The van der Waals surface area contributed by atoms with Crippen molar-refractivity contribution in [1.82, 2.24) is 14.9 Å². The minimum Gasteiger partial charge on any atom is -0.448 e. The minimum atomic E-state index is -0.453. The van der Waals surface area contributed by atoms with Crippen molar-refractivity contribution >= 4 is 35.1 Å². The quantitative estimate of drug-likeness (QED) is 0.774. The molecular formula is C20H24N6O3. The molecule has 152 valence electrons. The van der Waals surface area contributed by atoms with Crippen molar-refractivity contribution in [2.24, 2.45) is 0 Å². The van der Waals surface area contributed by atoms with Crippen LogP contribution < -0.4 is 15.5 Å². The summed E-state index contributed by atoms with van der Waals surface area (Å²) < 4.78 is 4.82. The fourth-order valence-electron chi connectivity index (χ4n) is 3.43. The molecule has 2 aromatic rings. The molecule has 0 aliphatic carbocycles. The van der Waals surface area contributed by atoms with Crippen LogP contribution in [0, 0.1) is 6.92 Å². The number of nitrogens with zero attached hydrogens (tertiary/aromatic N) is 4. The molecule has 0 atom stereocenters. The number of hydrogen-bond donors (Lipinski definition) is 2. The van der Waals surface area contributed by atoms with E-state index in [-0.39, 0.29) is 12.5 Å². The molecule has 3 heterocycles. The van der Waals surface area contributed by atoms with Crippen molar-refractivity contribution in [3.63, 3.8) is 0 Å². The number of aryl methyl sites for hydroxylation is 1. The summed E-state index contributed by atoms with van der Waals surface area (Å²) in [6, 6.07) is 9.28. The number of carbonyl (C=O) groups excluding carboxylic acids is 2. The van der Waals surface area contributed by atoms with E-state index in [1.807, 2.05) is 25.1 Å². The summed E-state index contributed by atoms with van der Waals surface area (Å²) in [4.78, 5) is 36.2. The first-order chi connectivity index (χ1) is 14.1. The highest BCUT2D eigenvalue weighted by atomic mass is 16.6. The molecule has 1 aromatic carbocycles. The Hall–Kier alpha value is -3.36. The summed E-state index contributed by atoms with van der Waals surface area (Å²) in [5, 5.41) is 6.00. The smallest absolute Gasteiger partial charge is 0.410 e. The van der Waals surface area contributed by atoms with E-state index in [4.69, 9.17) is 4.74 Å². The summed E-state index contributed by atoms with van der Waals surface area (Å²) in [6.07, 6.45) is 1.93. The Kier molecular flexibility index (Phi) is 5.46. The highest BCUT2D eigenvalue weighted by Gasteiger charge is 2.24. The summed E-state index contributed by atoms with van der Waals surface area (Å²) in [5.74, 6) is 1.24. The molecule has 2 aliphatic rings. The van der Waals surface area contributed by atoms with Gasteiger partial charge in [-0.05, 0) is 44.0 Å². The Morgan fingerprint density at radius 3 is 2.52 bits per heavy atom. The maximum Gasteiger partial charge on any atom is 0.410 e. The molecule has 9 heteroatoms. The van der Waals surface area contributed by atoms with Crippen LogP contribution in [0.1, 0.15) is 18.5 Å². The van der Waals surface area contributed by atoms with Crippen LogP contribution in [0.15, 0.2) is 30.3 Å². The molecule has 1 aromatic heterocycles. The van der Waals surface area contributed by atoms with Crippen LogP contribution in [-0.2, 0) is 9.53 Å². The van der Waals surface area contributed by atoms with Gasteiger partial charge in [-0.1, -0.05) is 0 Å². The first-order valence-corrected chi connectivity index (χ1v) is 9.76. The Balaban J connectivity index is 1.37. The van der Waals surface area contributed by atoms with Crippen LogP contribution in [0.25, 0.3) is 0 Å². The number of ether oxygens (including phenoxy) is 1. The molecular weight excluding hydrogens is 372 g/mol. The summed E-state index contributed by atoms with van der Waals surface area (Å²) in [5.41, 5.74) is 2.38. The lowest BCUT2D eigenvalue weighted by Crippen LogP contribution is -2.33. The number of anilines is 4. The number of amides is 2. The first-order valence-electron chi connectivity index (χ1n) is 9.76. The van der Waals surface area contributed by atoms with E-state index in [0.717, 1.165) is 30.3 Å². The van der Waals surface area contributed by atoms with Gasteiger partial charge in [-0.25, -0.2) is 9.78 Å². The van der Waals surface area contributed by atoms with E-state index >= 15 is 0 Å². The molecule has 0 radical (unpaired) electrons. The number of hydrogen-bond acceptors (Lipinski definition) is 7. The zero-order chi connectivity index (χ0) is 20.2. The second-order valence-electron chi connectivity index (χ2n) is 7.17. The first kappa shape index (κ1) is 19.0. The van der Waals surface area contributed by atoms with Crippen molar-refractivity contribution in [1.29, 1.82) is 0 Å². The molecule has 4 rings (SSSR count). The number of rotatable bonds is 6. The molecule has 9 nitrogen and oxygen atoms in total. The van der Waals surface area contributed by atoms with Crippen molar-refractivity contribution < 1.29 is 14.3 Å². The molecule has 2 saturated heterocycles. The summed E-state index contributed by atoms with van der Waals surface area (Å²) >= 11 is 0. The Morgan fingerprint density at radius 1 is 1.10 bits per heavy atom. The zero-order valence-electron chi connectivity index (χ0n) is 16.4. The average molecular weight is 396 g/mol. The van der Waals surface area contributed by atoms with Gasteiger partial charge in [0.05, 0.1) is 6.54 Å². The summed E-state index contributed by atoms with van der Waals surface area (Å²) in [6.45, 7) is 4.76. The minimum absolute atomic E-state index is 0.0186. The molecule has 2 aliphatic heterocycles. The van der Waals surface area contributed by atoms with Gasteiger partial charge in [0.1, 0.15) is 19.0 Å². The van der Waals surface area contributed by atoms with E-state index < -0.39 is 6.09 Å². The third-order valence-corrected chi connectivity index (χ3v) is 4.87.